The van der Waals surface area contributed by atoms with Gasteiger partial charge in [0.05, 0.1) is 18.8 Å². The second-order valence-corrected chi connectivity index (χ2v) is 7.11. The Balaban J connectivity index is 2.01. The first kappa shape index (κ1) is 16.3. The third-order valence-corrected chi connectivity index (χ3v) is 4.30. The van der Waals surface area contributed by atoms with Crippen molar-refractivity contribution in [2.24, 2.45) is 5.92 Å². The average Bonchev–Trinajstić information content (AvgIpc) is 2.42. The highest BCUT2D eigenvalue weighted by Gasteiger charge is 2.39. The number of ether oxygens (including phenoxy) is 1. The summed E-state index contributed by atoms with van der Waals surface area (Å²) in [5.74, 6) is 0.331. The number of hydrogen-bond acceptors (Lipinski definition) is 3. The highest BCUT2D eigenvalue weighted by atomic mass is 16.5. The summed E-state index contributed by atoms with van der Waals surface area (Å²) in [7, 11) is 0. The van der Waals surface area contributed by atoms with Crippen LogP contribution in [-0.4, -0.2) is 48.1 Å². The molecule has 2 rings (SSSR count). The fraction of sp³-hybridized carbons (Fsp3) is 0.875. The monoisotopic (exact) mass is 296 g/mol. The van der Waals surface area contributed by atoms with Crippen molar-refractivity contribution in [3.8, 4) is 0 Å². The van der Waals surface area contributed by atoms with E-state index < -0.39 is 0 Å². The van der Waals surface area contributed by atoms with Crippen molar-refractivity contribution in [2.45, 2.75) is 64.5 Å². The van der Waals surface area contributed by atoms with E-state index in [2.05, 4.69) is 5.32 Å². The number of carbonyl (C=O) groups is 2. The smallest absolute Gasteiger partial charge is 0.243 e. The first-order chi connectivity index (χ1) is 9.88. The molecule has 5 nitrogen and oxygen atoms in total. The number of hydrogen-bond donors (Lipinski definition) is 1. The summed E-state index contributed by atoms with van der Waals surface area (Å²) in [6, 6.07) is -0.296. The van der Waals surface area contributed by atoms with Gasteiger partial charge in [0.2, 0.25) is 11.8 Å². The van der Waals surface area contributed by atoms with Crippen molar-refractivity contribution in [3.63, 3.8) is 0 Å². The van der Waals surface area contributed by atoms with Gasteiger partial charge in [-0.3, -0.25) is 9.59 Å². The molecule has 0 bridgehead atoms. The lowest BCUT2D eigenvalue weighted by molar-refractivity contribution is -0.150. The Kier molecular flexibility index (Phi) is 5.25. The van der Waals surface area contributed by atoms with Crippen LogP contribution >= 0.6 is 0 Å². The molecule has 2 amide bonds. The number of nitrogens with zero attached hydrogens (tertiary/aromatic N) is 1. The maximum Gasteiger partial charge on any atom is 0.243 e. The summed E-state index contributed by atoms with van der Waals surface area (Å²) in [6.45, 7) is 7.09. The zero-order chi connectivity index (χ0) is 15.5. The van der Waals surface area contributed by atoms with Crippen LogP contribution in [0, 0.1) is 5.92 Å². The van der Waals surface area contributed by atoms with Gasteiger partial charge in [-0.15, -0.1) is 0 Å². The zero-order valence-corrected chi connectivity index (χ0v) is 13.5. The van der Waals surface area contributed by atoms with E-state index in [-0.39, 0.29) is 30.0 Å². The quantitative estimate of drug-likeness (QED) is 0.859. The molecule has 1 aliphatic carbocycles. The van der Waals surface area contributed by atoms with Gasteiger partial charge in [0.25, 0.3) is 0 Å². The van der Waals surface area contributed by atoms with Crippen LogP contribution in [0.15, 0.2) is 0 Å². The van der Waals surface area contributed by atoms with Crippen LogP contribution in [0.2, 0.25) is 0 Å². The van der Waals surface area contributed by atoms with Gasteiger partial charge in [0.15, 0.2) is 0 Å². The molecule has 0 aromatic rings. The van der Waals surface area contributed by atoms with Gasteiger partial charge in [-0.05, 0) is 39.5 Å². The summed E-state index contributed by atoms with van der Waals surface area (Å²) in [4.78, 5) is 26.2. The molecular weight excluding hydrogens is 268 g/mol. The molecule has 2 fully saturated rings. The van der Waals surface area contributed by atoms with E-state index in [1.54, 1.807) is 4.90 Å². The second-order valence-electron chi connectivity index (χ2n) is 7.11. The van der Waals surface area contributed by atoms with Crippen molar-refractivity contribution >= 4 is 11.8 Å². The predicted molar refractivity (Wildman–Crippen MR) is 80.8 cm³/mol. The standard InChI is InChI=1S/C16H28N2O3/c1-16(2,3)21-10-9-18-13(19)11-17-15(20)14(18)12-7-5-4-6-8-12/h12,14H,4-11H2,1-3H3,(H,17,20). The molecule has 120 valence electrons. The summed E-state index contributed by atoms with van der Waals surface area (Å²) >= 11 is 0. The van der Waals surface area contributed by atoms with Crippen LogP contribution in [-0.2, 0) is 14.3 Å². The van der Waals surface area contributed by atoms with Gasteiger partial charge in [0.1, 0.15) is 6.04 Å². The summed E-state index contributed by atoms with van der Waals surface area (Å²) in [5.41, 5.74) is -0.221. The Morgan fingerprint density at radius 1 is 1.19 bits per heavy atom. The highest BCUT2D eigenvalue weighted by molar-refractivity contribution is 5.95. The van der Waals surface area contributed by atoms with E-state index in [0.717, 1.165) is 25.7 Å². The SMILES string of the molecule is CC(C)(C)OCCN1C(=O)CNC(=O)C1C1CCCCC1. The van der Waals surface area contributed by atoms with Crippen LogP contribution in [0.4, 0.5) is 0 Å². The Bertz CT molecular complexity index is 383. The molecule has 0 aromatic heterocycles. The molecular formula is C16H28N2O3. The molecule has 1 saturated carbocycles. The number of nitrogens with one attached hydrogen (secondary N) is 1. The van der Waals surface area contributed by atoms with Gasteiger partial charge in [-0.1, -0.05) is 19.3 Å². The number of carbonyl (C=O) groups excluding carboxylic acids is 2. The Hall–Kier alpha value is -1.10. The lowest BCUT2D eigenvalue weighted by Gasteiger charge is -2.41. The molecule has 1 unspecified atom stereocenters. The minimum absolute atomic E-state index is 0.0114. The van der Waals surface area contributed by atoms with Crippen LogP contribution in [0.1, 0.15) is 52.9 Å². The molecule has 0 radical (unpaired) electrons. The van der Waals surface area contributed by atoms with E-state index in [0.29, 0.717) is 19.1 Å². The van der Waals surface area contributed by atoms with Gasteiger partial charge in [-0.2, -0.15) is 0 Å². The minimum Gasteiger partial charge on any atom is -0.374 e. The lowest BCUT2D eigenvalue weighted by Crippen LogP contribution is -2.61. The molecule has 1 saturated heterocycles. The Morgan fingerprint density at radius 2 is 1.86 bits per heavy atom. The Morgan fingerprint density at radius 3 is 2.48 bits per heavy atom. The van der Waals surface area contributed by atoms with Crippen molar-refractivity contribution in [1.29, 1.82) is 0 Å². The van der Waals surface area contributed by atoms with Gasteiger partial charge >= 0.3 is 0 Å². The normalized spacial score (nSPS) is 25.1. The van der Waals surface area contributed by atoms with Gasteiger partial charge in [-0.25, -0.2) is 0 Å². The highest BCUT2D eigenvalue weighted by Crippen LogP contribution is 2.30. The lowest BCUT2D eigenvalue weighted by atomic mass is 9.82. The van der Waals surface area contributed by atoms with Gasteiger partial charge in [0, 0.05) is 6.54 Å². The maximum atomic E-state index is 12.3. The van der Waals surface area contributed by atoms with E-state index in [4.69, 9.17) is 4.74 Å². The first-order valence-electron chi connectivity index (χ1n) is 8.09. The maximum absolute atomic E-state index is 12.3. The van der Waals surface area contributed by atoms with Crippen molar-refractivity contribution in [1.82, 2.24) is 10.2 Å². The predicted octanol–water partition coefficient (Wildman–Crippen LogP) is 1.71. The zero-order valence-electron chi connectivity index (χ0n) is 13.5. The molecule has 2 aliphatic rings. The topological polar surface area (TPSA) is 58.6 Å². The molecule has 0 aromatic carbocycles. The third-order valence-electron chi connectivity index (χ3n) is 4.30. The number of piperazine rings is 1. The van der Waals surface area contributed by atoms with Crippen LogP contribution in [0.5, 0.6) is 0 Å². The molecule has 21 heavy (non-hydrogen) atoms. The summed E-state index contributed by atoms with van der Waals surface area (Å²) < 4.78 is 5.73. The second kappa shape index (κ2) is 6.77. The molecule has 1 N–H and O–H groups in total. The summed E-state index contributed by atoms with van der Waals surface area (Å²) in [6.07, 6.45) is 5.65. The Labute approximate surface area is 127 Å². The molecule has 5 heteroatoms. The van der Waals surface area contributed by atoms with Crippen molar-refractivity contribution < 1.29 is 14.3 Å². The van der Waals surface area contributed by atoms with Crippen molar-refractivity contribution in [2.75, 3.05) is 19.7 Å². The van der Waals surface area contributed by atoms with E-state index in [1.165, 1.54) is 6.42 Å². The van der Waals surface area contributed by atoms with E-state index in [9.17, 15) is 9.59 Å². The number of rotatable bonds is 4. The minimum atomic E-state index is -0.296. The van der Waals surface area contributed by atoms with Gasteiger partial charge < -0.3 is 15.0 Å². The average molecular weight is 296 g/mol. The third kappa shape index (κ3) is 4.43. The van der Waals surface area contributed by atoms with Crippen LogP contribution in [0.3, 0.4) is 0 Å². The van der Waals surface area contributed by atoms with Crippen LogP contribution < -0.4 is 5.32 Å². The van der Waals surface area contributed by atoms with Crippen LogP contribution in [0.25, 0.3) is 0 Å². The van der Waals surface area contributed by atoms with E-state index >= 15 is 0 Å². The van der Waals surface area contributed by atoms with Crippen molar-refractivity contribution in [3.05, 3.63) is 0 Å². The largest absolute Gasteiger partial charge is 0.374 e. The molecule has 1 heterocycles. The fourth-order valence-corrected chi connectivity index (χ4v) is 3.30. The molecule has 0 spiro atoms. The number of amides is 2. The molecule has 1 aliphatic heterocycles. The van der Waals surface area contributed by atoms with E-state index in [1.807, 2.05) is 20.8 Å². The molecule has 1 atom stereocenters. The summed E-state index contributed by atoms with van der Waals surface area (Å²) in [5, 5.41) is 2.74. The first-order valence-corrected chi connectivity index (χ1v) is 8.09. The fourth-order valence-electron chi connectivity index (χ4n) is 3.30.